The van der Waals surface area contributed by atoms with Crippen molar-refractivity contribution in [2.45, 2.75) is 25.6 Å². The average molecular weight is 356 g/mol. The van der Waals surface area contributed by atoms with Gasteiger partial charge in [0, 0.05) is 6.54 Å². The largest absolute Gasteiger partial charge is 0.491 e. The Balaban J connectivity index is 1.24. The van der Waals surface area contributed by atoms with Gasteiger partial charge in [0.15, 0.2) is 0 Å². The van der Waals surface area contributed by atoms with Crippen LogP contribution in [0.3, 0.4) is 0 Å². The third kappa shape index (κ3) is 6.67. The molecule has 0 amide bonds. The summed E-state index contributed by atoms with van der Waals surface area (Å²) < 4.78 is 17.0. The monoisotopic (exact) mass is 356 g/mol. The SMILES string of the molecule is c1ccc(COc2ccc(OCCOCCNC3CCCN3)cc2)cc1. The van der Waals surface area contributed by atoms with Crippen LogP contribution in [0.5, 0.6) is 11.5 Å². The van der Waals surface area contributed by atoms with E-state index in [-0.39, 0.29) is 0 Å². The first-order chi connectivity index (χ1) is 12.9. The van der Waals surface area contributed by atoms with E-state index < -0.39 is 0 Å². The molecule has 2 aromatic rings. The Hall–Kier alpha value is -2.08. The molecule has 1 heterocycles. The third-order valence-electron chi connectivity index (χ3n) is 4.27. The Morgan fingerprint density at radius 2 is 1.65 bits per heavy atom. The first kappa shape index (κ1) is 18.7. The molecule has 3 rings (SSSR count). The van der Waals surface area contributed by atoms with Gasteiger partial charge in [0.2, 0.25) is 0 Å². The van der Waals surface area contributed by atoms with Crippen molar-refractivity contribution in [3.8, 4) is 11.5 Å². The van der Waals surface area contributed by atoms with E-state index in [1.807, 2.05) is 42.5 Å². The molecule has 2 N–H and O–H groups in total. The minimum absolute atomic E-state index is 0.456. The molecule has 0 spiro atoms. The number of nitrogens with one attached hydrogen (secondary N) is 2. The molecule has 1 saturated heterocycles. The summed E-state index contributed by atoms with van der Waals surface area (Å²) in [7, 11) is 0. The predicted molar refractivity (Wildman–Crippen MR) is 103 cm³/mol. The molecule has 1 atom stereocenters. The van der Waals surface area contributed by atoms with E-state index in [2.05, 4.69) is 22.8 Å². The Kier molecular flexibility index (Phi) is 7.78. The Morgan fingerprint density at radius 1 is 0.885 bits per heavy atom. The number of hydrogen-bond acceptors (Lipinski definition) is 5. The third-order valence-corrected chi connectivity index (χ3v) is 4.27. The quantitative estimate of drug-likeness (QED) is 0.606. The molecule has 0 aliphatic carbocycles. The van der Waals surface area contributed by atoms with Crippen LogP contribution in [0.25, 0.3) is 0 Å². The van der Waals surface area contributed by atoms with Gasteiger partial charge < -0.3 is 19.5 Å². The summed E-state index contributed by atoms with van der Waals surface area (Å²) in [5, 5.41) is 6.83. The maximum Gasteiger partial charge on any atom is 0.120 e. The Labute approximate surface area is 155 Å². The summed E-state index contributed by atoms with van der Waals surface area (Å²) in [6.07, 6.45) is 2.91. The van der Waals surface area contributed by atoms with Crippen molar-refractivity contribution < 1.29 is 14.2 Å². The van der Waals surface area contributed by atoms with Crippen LogP contribution in [0.4, 0.5) is 0 Å². The minimum Gasteiger partial charge on any atom is -0.491 e. The van der Waals surface area contributed by atoms with Gasteiger partial charge >= 0.3 is 0 Å². The van der Waals surface area contributed by atoms with Crippen LogP contribution >= 0.6 is 0 Å². The molecule has 5 nitrogen and oxygen atoms in total. The number of hydrogen-bond donors (Lipinski definition) is 2. The van der Waals surface area contributed by atoms with Gasteiger partial charge in [-0.15, -0.1) is 0 Å². The van der Waals surface area contributed by atoms with Crippen LogP contribution in [0.15, 0.2) is 54.6 Å². The van der Waals surface area contributed by atoms with E-state index in [4.69, 9.17) is 14.2 Å². The molecule has 140 valence electrons. The van der Waals surface area contributed by atoms with Gasteiger partial charge in [-0.3, -0.25) is 5.32 Å². The molecule has 1 fully saturated rings. The highest BCUT2D eigenvalue weighted by atomic mass is 16.5. The fraction of sp³-hybridized carbons (Fsp3) is 0.429. The van der Waals surface area contributed by atoms with E-state index >= 15 is 0 Å². The highest BCUT2D eigenvalue weighted by molar-refractivity contribution is 5.31. The molecule has 0 saturated carbocycles. The normalized spacial score (nSPS) is 16.5. The maximum atomic E-state index is 5.77. The first-order valence-electron chi connectivity index (χ1n) is 9.34. The van der Waals surface area contributed by atoms with Crippen molar-refractivity contribution >= 4 is 0 Å². The summed E-state index contributed by atoms with van der Waals surface area (Å²) in [5.74, 6) is 1.66. The topological polar surface area (TPSA) is 51.8 Å². The zero-order valence-electron chi connectivity index (χ0n) is 15.2. The van der Waals surface area contributed by atoms with Crippen LogP contribution in [0.2, 0.25) is 0 Å². The smallest absolute Gasteiger partial charge is 0.120 e. The highest BCUT2D eigenvalue weighted by Gasteiger charge is 2.11. The van der Waals surface area contributed by atoms with E-state index in [0.717, 1.165) is 30.2 Å². The van der Waals surface area contributed by atoms with Crippen LogP contribution in [0.1, 0.15) is 18.4 Å². The first-order valence-corrected chi connectivity index (χ1v) is 9.34. The molecule has 0 aromatic heterocycles. The maximum absolute atomic E-state index is 5.77. The zero-order valence-corrected chi connectivity index (χ0v) is 15.2. The lowest BCUT2D eigenvalue weighted by Gasteiger charge is -2.13. The van der Waals surface area contributed by atoms with Gasteiger partial charge in [-0.2, -0.15) is 0 Å². The van der Waals surface area contributed by atoms with Crippen molar-refractivity contribution in [3.63, 3.8) is 0 Å². The molecular weight excluding hydrogens is 328 g/mol. The van der Waals surface area contributed by atoms with Gasteiger partial charge in [0.05, 0.1) is 19.4 Å². The lowest BCUT2D eigenvalue weighted by atomic mass is 10.2. The predicted octanol–water partition coefficient (Wildman–Crippen LogP) is 2.96. The Morgan fingerprint density at radius 3 is 2.38 bits per heavy atom. The number of ether oxygens (including phenoxy) is 3. The minimum atomic E-state index is 0.456. The van der Waals surface area contributed by atoms with Crippen molar-refractivity contribution in [2.24, 2.45) is 0 Å². The molecule has 26 heavy (non-hydrogen) atoms. The lowest BCUT2D eigenvalue weighted by Crippen LogP contribution is -2.39. The summed E-state index contributed by atoms with van der Waals surface area (Å²) in [4.78, 5) is 0. The second-order valence-electron chi connectivity index (χ2n) is 6.31. The van der Waals surface area contributed by atoms with Gasteiger partial charge in [-0.05, 0) is 49.2 Å². The van der Waals surface area contributed by atoms with Gasteiger partial charge in [-0.25, -0.2) is 0 Å². The van der Waals surface area contributed by atoms with Crippen molar-refractivity contribution in [2.75, 3.05) is 32.9 Å². The van der Waals surface area contributed by atoms with E-state index in [9.17, 15) is 0 Å². The highest BCUT2D eigenvalue weighted by Crippen LogP contribution is 2.18. The summed E-state index contributed by atoms with van der Waals surface area (Å²) in [5.41, 5.74) is 1.16. The summed E-state index contributed by atoms with van der Waals surface area (Å²) in [6, 6.07) is 17.8. The van der Waals surface area contributed by atoms with E-state index in [0.29, 0.717) is 32.6 Å². The van der Waals surface area contributed by atoms with Crippen LogP contribution in [-0.2, 0) is 11.3 Å². The zero-order chi connectivity index (χ0) is 17.9. The summed E-state index contributed by atoms with van der Waals surface area (Å²) >= 11 is 0. The van der Waals surface area contributed by atoms with Crippen molar-refractivity contribution in [3.05, 3.63) is 60.2 Å². The van der Waals surface area contributed by atoms with E-state index in [1.54, 1.807) is 0 Å². The molecule has 0 bridgehead atoms. The summed E-state index contributed by atoms with van der Waals surface area (Å²) in [6.45, 7) is 4.39. The number of benzene rings is 2. The fourth-order valence-electron chi connectivity index (χ4n) is 2.86. The molecule has 1 aliphatic rings. The average Bonchev–Trinajstić information content (AvgIpc) is 3.21. The standard InChI is InChI=1S/C21H28N2O3/c1-2-5-18(6-3-1)17-26-20-10-8-19(9-11-20)25-16-15-24-14-13-23-21-7-4-12-22-21/h1-3,5-6,8-11,21-23H,4,7,12-17H2. The molecule has 0 radical (unpaired) electrons. The van der Waals surface area contributed by atoms with Crippen LogP contribution < -0.4 is 20.1 Å². The Bertz CT molecular complexity index is 613. The lowest BCUT2D eigenvalue weighted by molar-refractivity contribution is 0.0999. The molecule has 2 aromatic carbocycles. The van der Waals surface area contributed by atoms with Gasteiger partial charge in [-0.1, -0.05) is 30.3 Å². The van der Waals surface area contributed by atoms with Crippen molar-refractivity contribution in [1.82, 2.24) is 10.6 Å². The molecule has 1 aliphatic heterocycles. The van der Waals surface area contributed by atoms with Gasteiger partial charge in [0.25, 0.3) is 0 Å². The van der Waals surface area contributed by atoms with E-state index in [1.165, 1.54) is 12.8 Å². The van der Waals surface area contributed by atoms with Crippen LogP contribution in [-0.4, -0.2) is 39.1 Å². The fourth-order valence-corrected chi connectivity index (χ4v) is 2.86. The molecule has 1 unspecified atom stereocenters. The number of rotatable bonds is 11. The second kappa shape index (κ2) is 10.8. The van der Waals surface area contributed by atoms with Crippen molar-refractivity contribution in [1.29, 1.82) is 0 Å². The molecule has 5 heteroatoms. The van der Waals surface area contributed by atoms with Gasteiger partial charge in [0.1, 0.15) is 24.7 Å². The van der Waals surface area contributed by atoms with Crippen LogP contribution in [0, 0.1) is 0 Å². The molecular formula is C21H28N2O3. The second-order valence-corrected chi connectivity index (χ2v) is 6.31.